The van der Waals surface area contributed by atoms with Crippen LogP contribution in [0.2, 0.25) is 0 Å². The second-order valence-electron chi connectivity index (χ2n) is 7.02. The van der Waals surface area contributed by atoms with E-state index in [9.17, 15) is 4.79 Å². The van der Waals surface area contributed by atoms with Crippen molar-refractivity contribution in [1.29, 1.82) is 0 Å². The second-order valence-corrected chi connectivity index (χ2v) is 7.02. The molecule has 1 saturated heterocycles. The molecule has 1 atom stereocenters. The highest BCUT2D eigenvalue weighted by Crippen LogP contribution is 2.38. The molecule has 158 valence electrons. The highest BCUT2D eigenvalue weighted by molar-refractivity contribution is 5.76. The maximum absolute atomic E-state index is 13.0. The first-order chi connectivity index (χ1) is 14.1. The minimum atomic E-state index is 0.0608. The third-order valence-electron chi connectivity index (χ3n) is 5.08. The van der Waals surface area contributed by atoms with Gasteiger partial charge in [-0.05, 0) is 49.1 Å². The van der Waals surface area contributed by atoms with E-state index >= 15 is 0 Å². The van der Waals surface area contributed by atoms with Gasteiger partial charge < -0.3 is 28.3 Å². The van der Waals surface area contributed by atoms with Gasteiger partial charge in [-0.25, -0.2) is 0 Å². The molecule has 2 aromatic rings. The number of nitrogens with zero attached hydrogens (tertiary/aromatic N) is 1. The Morgan fingerprint density at radius 2 is 1.93 bits per heavy atom. The van der Waals surface area contributed by atoms with E-state index in [1.807, 2.05) is 29.2 Å². The SMILES string of the molecule is COc1cc(CCC(=O)N(Cc2ccco2)C[C@@H]2CCCO2)cc(OC)c1OC. The fourth-order valence-corrected chi connectivity index (χ4v) is 3.57. The van der Waals surface area contributed by atoms with Gasteiger partial charge in [0.2, 0.25) is 11.7 Å². The van der Waals surface area contributed by atoms with Crippen molar-refractivity contribution >= 4 is 5.91 Å². The lowest BCUT2D eigenvalue weighted by Gasteiger charge is -2.25. The third kappa shape index (κ3) is 5.44. The van der Waals surface area contributed by atoms with Gasteiger partial charge in [0.1, 0.15) is 5.76 Å². The molecule has 0 bridgehead atoms. The summed E-state index contributed by atoms with van der Waals surface area (Å²) in [5.74, 6) is 2.54. The van der Waals surface area contributed by atoms with Crippen molar-refractivity contribution in [3.63, 3.8) is 0 Å². The van der Waals surface area contributed by atoms with E-state index in [-0.39, 0.29) is 12.0 Å². The molecule has 1 amide bonds. The van der Waals surface area contributed by atoms with Gasteiger partial charge in [-0.2, -0.15) is 0 Å². The van der Waals surface area contributed by atoms with E-state index < -0.39 is 0 Å². The summed E-state index contributed by atoms with van der Waals surface area (Å²) >= 11 is 0. The van der Waals surface area contributed by atoms with Gasteiger partial charge in [0.05, 0.1) is 40.2 Å². The van der Waals surface area contributed by atoms with Gasteiger partial charge in [0.25, 0.3) is 0 Å². The summed E-state index contributed by atoms with van der Waals surface area (Å²) in [6.45, 7) is 1.79. The number of carbonyl (C=O) groups is 1. The number of rotatable bonds is 10. The zero-order chi connectivity index (χ0) is 20.6. The number of benzene rings is 1. The van der Waals surface area contributed by atoms with Crippen LogP contribution in [0.1, 0.15) is 30.6 Å². The van der Waals surface area contributed by atoms with Crippen LogP contribution in [0, 0.1) is 0 Å². The average Bonchev–Trinajstić information content (AvgIpc) is 3.44. The van der Waals surface area contributed by atoms with Crippen molar-refractivity contribution < 1.29 is 28.2 Å². The smallest absolute Gasteiger partial charge is 0.223 e. The highest BCUT2D eigenvalue weighted by Gasteiger charge is 2.23. The highest BCUT2D eigenvalue weighted by atomic mass is 16.5. The van der Waals surface area contributed by atoms with Gasteiger partial charge in [-0.15, -0.1) is 0 Å². The summed E-state index contributed by atoms with van der Waals surface area (Å²) < 4.78 is 27.3. The van der Waals surface area contributed by atoms with Crippen LogP contribution in [0.5, 0.6) is 17.2 Å². The third-order valence-corrected chi connectivity index (χ3v) is 5.08. The van der Waals surface area contributed by atoms with E-state index in [1.54, 1.807) is 27.6 Å². The molecular weight excluding hydrogens is 374 g/mol. The fraction of sp³-hybridized carbons (Fsp3) is 0.500. The first kappa shape index (κ1) is 21.0. The molecule has 0 unspecified atom stereocenters. The average molecular weight is 403 g/mol. The molecule has 1 aromatic carbocycles. The number of aryl methyl sites for hydroxylation is 1. The Morgan fingerprint density at radius 1 is 1.17 bits per heavy atom. The lowest BCUT2D eigenvalue weighted by molar-refractivity contribution is -0.133. The fourth-order valence-electron chi connectivity index (χ4n) is 3.57. The molecule has 0 aliphatic carbocycles. The summed E-state index contributed by atoms with van der Waals surface area (Å²) in [4.78, 5) is 14.8. The van der Waals surface area contributed by atoms with Crippen LogP contribution in [0.3, 0.4) is 0 Å². The summed E-state index contributed by atoms with van der Waals surface area (Å²) in [6, 6.07) is 7.48. The Kier molecular flexibility index (Phi) is 7.41. The molecule has 0 radical (unpaired) electrons. The van der Waals surface area contributed by atoms with Gasteiger partial charge in [0.15, 0.2) is 11.5 Å². The van der Waals surface area contributed by atoms with Crippen LogP contribution < -0.4 is 14.2 Å². The number of methoxy groups -OCH3 is 3. The van der Waals surface area contributed by atoms with Crippen molar-refractivity contribution in [3.05, 3.63) is 41.9 Å². The van der Waals surface area contributed by atoms with E-state index in [2.05, 4.69) is 0 Å². The van der Waals surface area contributed by atoms with Crippen LogP contribution in [0.4, 0.5) is 0 Å². The summed E-state index contributed by atoms with van der Waals surface area (Å²) in [5.41, 5.74) is 0.947. The van der Waals surface area contributed by atoms with Gasteiger partial charge in [-0.3, -0.25) is 4.79 Å². The molecule has 0 N–H and O–H groups in total. The van der Waals surface area contributed by atoms with Crippen LogP contribution in [-0.4, -0.2) is 51.4 Å². The Balaban J connectivity index is 1.68. The van der Waals surface area contributed by atoms with E-state index in [1.165, 1.54) is 0 Å². The molecule has 29 heavy (non-hydrogen) atoms. The maximum Gasteiger partial charge on any atom is 0.223 e. The molecular formula is C22H29NO6. The molecule has 1 aromatic heterocycles. The maximum atomic E-state index is 13.0. The topological polar surface area (TPSA) is 70.4 Å². The quantitative estimate of drug-likeness (QED) is 0.605. The van der Waals surface area contributed by atoms with Gasteiger partial charge in [0, 0.05) is 19.6 Å². The molecule has 1 fully saturated rings. The number of amides is 1. The monoisotopic (exact) mass is 403 g/mol. The largest absolute Gasteiger partial charge is 0.493 e. The minimum absolute atomic E-state index is 0.0608. The first-order valence-corrected chi connectivity index (χ1v) is 9.85. The molecule has 3 rings (SSSR count). The molecule has 1 aliphatic heterocycles. The van der Waals surface area contributed by atoms with Crippen LogP contribution in [-0.2, 0) is 22.5 Å². The summed E-state index contributed by atoms with van der Waals surface area (Å²) in [5, 5.41) is 0. The van der Waals surface area contributed by atoms with Gasteiger partial charge in [-0.1, -0.05) is 0 Å². The second kappa shape index (κ2) is 10.2. The number of carbonyl (C=O) groups excluding carboxylic acids is 1. The standard InChI is InChI=1S/C22H29NO6/c1-25-19-12-16(13-20(26-2)22(19)27-3)8-9-21(24)23(14-17-6-4-10-28-17)15-18-7-5-11-29-18/h4,6,10,12-13,18H,5,7-9,11,14-15H2,1-3H3/t18-/m0/s1. The van der Waals surface area contributed by atoms with Gasteiger partial charge >= 0.3 is 0 Å². The Morgan fingerprint density at radius 3 is 2.48 bits per heavy atom. The zero-order valence-corrected chi connectivity index (χ0v) is 17.3. The number of hydrogen-bond acceptors (Lipinski definition) is 6. The first-order valence-electron chi connectivity index (χ1n) is 9.85. The van der Waals surface area contributed by atoms with Crippen molar-refractivity contribution in [1.82, 2.24) is 4.90 Å². The molecule has 7 nitrogen and oxygen atoms in total. The van der Waals surface area contributed by atoms with Crippen LogP contribution >= 0.6 is 0 Å². The van der Waals surface area contributed by atoms with Crippen molar-refractivity contribution in [2.45, 2.75) is 38.3 Å². The van der Waals surface area contributed by atoms with Crippen molar-refractivity contribution in [3.8, 4) is 17.2 Å². The lowest BCUT2D eigenvalue weighted by Crippen LogP contribution is -2.37. The zero-order valence-electron chi connectivity index (χ0n) is 17.3. The summed E-state index contributed by atoms with van der Waals surface area (Å²) in [7, 11) is 4.74. The lowest BCUT2D eigenvalue weighted by atomic mass is 10.1. The normalized spacial score (nSPS) is 15.9. The number of furan rings is 1. The predicted octanol–water partition coefficient (Wildman–Crippen LogP) is 3.45. The summed E-state index contributed by atoms with van der Waals surface area (Å²) in [6.07, 6.45) is 4.67. The molecule has 2 heterocycles. The van der Waals surface area contributed by atoms with Crippen molar-refractivity contribution in [2.24, 2.45) is 0 Å². The Hall–Kier alpha value is -2.67. The van der Waals surface area contributed by atoms with E-state index in [0.29, 0.717) is 43.2 Å². The number of hydrogen-bond donors (Lipinski definition) is 0. The Labute approximate surface area is 171 Å². The molecule has 7 heteroatoms. The van der Waals surface area contributed by atoms with Crippen LogP contribution in [0.15, 0.2) is 34.9 Å². The molecule has 0 saturated carbocycles. The van der Waals surface area contributed by atoms with Crippen molar-refractivity contribution in [2.75, 3.05) is 34.5 Å². The Bertz CT molecular complexity index is 758. The molecule has 1 aliphatic rings. The van der Waals surface area contributed by atoms with Crippen LogP contribution in [0.25, 0.3) is 0 Å². The minimum Gasteiger partial charge on any atom is -0.493 e. The van der Waals surface area contributed by atoms with E-state index in [4.69, 9.17) is 23.4 Å². The molecule has 0 spiro atoms. The van der Waals surface area contributed by atoms with E-state index in [0.717, 1.165) is 30.8 Å². The number of ether oxygens (including phenoxy) is 4. The predicted molar refractivity (Wildman–Crippen MR) is 108 cm³/mol.